The lowest BCUT2D eigenvalue weighted by Gasteiger charge is -2.13. The lowest BCUT2D eigenvalue weighted by molar-refractivity contribution is -0.133. The molecule has 0 radical (unpaired) electrons. The number of anilines is 2. The van der Waals surface area contributed by atoms with Crippen molar-refractivity contribution in [2.24, 2.45) is 0 Å². The second-order valence-electron chi connectivity index (χ2n) is 5.64. The van der Waals surface area contributed by atoms with Crippen molar-refractivity contribution in [3.8, 4) is 0 Å². The molecule has 5 heteroatoms. The van der Waals surface area contributed by atoms with Gasteiger partial charge in [-0.2, -0.15) is 0 Å². The van der Waals surface area contributed by atoms with Crippen LogP contribution in [0.5, 0.6) is 0 Å². The van der Waals surface area contributed by atoms with Gasteiger partial charge in [-0.1, -0.05) is 33.6 Å². The van der Waals surface area contributed by atoms with Crippen molar-refractivity contribution in [3.63, 3.8) is 0 Å². The number of rotatable bonds is 2. The number of carbonyl (C=O) groups excluding carboxylic acids is 2. The quantitative estimate of drug-likeness (QED) is 0.771. The van der Waals surface area contributed by atoms with Crippen molar-refractivity contribution in [1.29, 1.82) is 0 Å². The van der Waals surface area contributed by atoms with Gasteiger partial charge >= 0.3 is 11.8 Å². The van der Waals surface area contributed by atoms with Crippen molar-refractivity contribution in [2.45, 2.75) is 27.7 Å². The third kappa shape index (κ3) is 4.20. The third-order valence-corrected chi connectivity index (χ3v) is 4.05. The van der Waals surface area contributed by atoms with Gasteiger partial charge in [0.25, 0.3) is 0 Å². The van der Waals surface area contributed by atoms with Gasteiger partial charge in [-0.25, -0.2) is 0 Å². The summed E-state index contributed by atoms with van der Waals surface area (Å²) in [5, 5.41) is 5.33. The van der Waals surface area contributed by atoms with Gasteiger partial charge in [0, 0.05) is 15.8 Å². The maximum absolute atomic E-state index is 12.2. The number of amides is 2. The molecule has 2 aromatic carbocycles. The van der Waals surface area contributed by atoms with E-state index in [1.165, 1.54) is 0 Å². The fourth-order valence-electron chi connectivity index (χ4n) is 2.49. The Bertz CT molecular complexity index is 762. The zero-order valence-corrected chi connectivity index (χ0v) is 15.2. The molecule has 0 aromatic heterocycles. The van der Waals surface area contributed by atoms with E-state index in [0.717, 1.165) is 26.7 Å². The summed E-state index contributed by atoms with van der Waals surface area (Å²) in [6.07, 6.45) is 0. The fraction of sp³-hybridized carbons (Fsp3) is 0.222. The number of halogens is 1. The Morgan fingerprint density at radius 1 is 0.826 bits per heavy atom. The topological polar surface area (TPSA) is 58.2 Å². The molecule has 2 rings (SSSR count). The molecule has 120 valence electrons. The highest BCUT2D eigenvalue weighted by Gasteiger charge is 2.17. The Labute approximate surface area is 144 Å². The second kappa shape index (κ2) is 6.96. The van der Waals surface area contributed by atoms with Crippen LogP contribution in [0.4, 0.5) is 11.4 Å². The van der Waals surface area contributed by atoms with Crippen LogP contribution in [0.2, 0.25) is 0 Å². The van der Waals surface area contributed by atoms with Crippen LogP contribution in [0.25, 0.3) is 0 Å². The van der Waals surface area contributed by atoms with Gasteiger partial charge in [0.1, 0.15) is 0 Å². The van der Waals surface area contributed by atoms with Crippen LogP contribution in [0, 0.1) is 27.7 Å². The lowest BCUT2D eigenvalue weighted by atomic mass is 10.1. The summed E-state index contributed by atoms with van der Waals surface area (Å²) >= 11 is 3.37. The predicted octanol–water partition coefficient (Wildman–Crippen LogP) is 4.26. The first-order valence-corrected chi connectivity index (χ1v) is 8.03. The molecule has 0 fully saturated rings. The lowest BCUT2D eigenvalue weighted by Crippen LogP contribution is -2.29. The molecule has 0 unspecified atom stereocenters. The molecule has 2 N–H and O–H groups in total. The first-order valence-electron chi connectivity index (χ1n) is 7.24. The zero-order valence-electron chi connectivity index (χ0n) is 13.6. The summed E-state index contributed by atoms with van der Waals surface area (Å²) in [5.41, 5.74) is 5.16. The third-order valence-electron chi connectivity index (χ3n) is 3.56. The predicted molar refractivity (Wildman–Crippen MR) is 96.8 cm³/mol. The van der Waals surface area contributed by atoms with Crippen LogP contribution in [0.1, 0.15) is 22.3 Å². The molecule has 0 saturated carbocycles. The van der Waals surface area contributed by atoms with Gasteiger partial charge in [-0.3, -0.25) is 9.59 Å². The van der Waals surface area contributed by atoms with E-state index in [1.807, 2.05) is 52.0 Å². The molecule has 0 atom stereocenters. The SMILES string of the molecule is Cc1cc(C)c(NC(=O)C(=O)Nc2ccc(Br)cc2C)c(C)c1. The number of carbonyl (C=O) groups is 2. The minimum atomic E-state index is -0.685. The molecule has 0 aliphatic rings. The number of benzene rings is 2. The summed E-state index contributed by atoms with van der Waals surface area (Å²) in [6, 6.07) is 9.39. The number of aryl methyl sites for hydroxylation is 4. The van der Waals surface area contributed by atoms with Gasteiger partial charge in [0.2, 0.25) is 0 Å². The largest absolute Gasteiger partial charge is 0.318 e. The van der Waals surface area contributed by atoms with E-state index in [4.69, 9.17) is 0 Å². The molecule has 2 amide bonds. The number of hydrogen-bond donors (Lipinski definition) is 2. The van der Waals surface area contributed by atoms with E-state index < -0.39 is 11.8 Å². The maximum atomic E-state index is 12.2. The molecule has 0 aliphatic carbocycles. The van der Waals surface area contributed by atoms with Crippen molar-refractivity contribution in [2.75, 3.05) is 10.6 Å². The van der Waals surface area contributed by atoms with Gasteiger partial charge < -0.3 is 10.6 Å². The van der Waals surface area contributed by atoms with Crippen molar-refractivity contribution >= 4 is 39.1 Å². The summed E-state index contributed by atoms with van der Waals surface area (Å²) in [4.78, 5) is 24.3. The first-order chi connectivity index (χ1) is 10.8. The molecular formula is C18H19BrN2O2. The summed E-state index contributed by atoms with van der Waals surface area (Å²) < 4.78 is 0.920. The van der Waals surface area contributed by atoms with E-state index in [-0.39, 0.29) is 0 Å². The minimum Gasteiger partial charge on any atom is -0.318 e. The molecular weight excluding hydrogens is 356 g/mol. The normalized spacial score (nSPS) is 10.3. The van der Waals surface area contributed by atoms with Gasteiger partial charge in [-0.05, 0) is 62.6 Å². The molecule has 23 heavy (non-hydrogen) atoms. The average Bonchev–Trinajstić information content (AvgIpc) is 2.45. The summed E-state index contributed by atoms with van der Waals surface area (Å²) in [6.45, 7) is 7.68. The summed E-state index contributed by atoms with van der Waals surface area (Å²) in [7, 11) is 0. The standard InChI is InChI=1S/C18H19BrN2O2/c1-10-7-12(3)16(13(4)8-10)21-18(23)17(22)20-15-6-5-14(19)9-11(15)2/h5-9H,1-4H3,(H,20,22)(H,21,23). The minimum absolute atomic E-state index is 0.616. The molecule has 0 aliphatic heterocycles. The Balaban J connectivity index is 2.13. The van der Waals surface area contributed by atoms with Crippen LogP contribution >= 0.6 is 15.9 Å². The van der Waals surface area contributed by atoms with E-state index in [2.05, 4.69) is 26.6 Å². The van der Waals surface area contributed by atoms with Gasteiger partial charge in [0.15, 0.2) is 0 Å². The second-order valence-corrected chi connectivity index (χ2v) is 6.56. The zero-order chi connectivity index (χ0) is 17.1. The molecule has 0 heterocycles. The van der Waals surface area contributed by atoms with Gasteiger partial charge in [0.05, 0.1) is 0 Å². The summed E-state index contributed by atoms with van der Waals surface area (Å²) in [5.74, 6) is -1.36. The highest BCUT2D eigenvalue weighted by atomic mass is 79.9. The van der Waals surface area contributed by atoms with Crippen LogP contribution in [-0.4, -0.2) is 11.8 Å². The average molecular weight is 375 g/mol. The van der Waals surface area contributed by atoms with Crippen LogP contribution in [-0.2, 0) is 9.59 Å². The molecule has 0 spiro atoms. The molecule has 0 bridgehead atoms. The highest BCUT2D eigenvalue weighted by Crippen LogP contribution is 2.23. The van der Waals surface area contributed by atoms with Crippen LogP contribution in [0.3, 0.4) is 0 Å². The monoisotopic (exact) mass is 374 g/mol. The Kier molecular flexibility index (Phi) is 5.21. The maximum Gasteiger partial charge on any atom is 0.314 e. The smallest absolute Gasteiger partial charge is 0.314 e. The highest BCUT2D eigenvalue weighted by molar-refractivity contribution is 9.10. The van der Waals surface area contributed by atoms with Crippen LogP contribution in [0.15, 0.2) is 34.8 Å². The number of hydrogen-bond acceptors (Lipinski definition) is 2. The Morgan fingerprint density at radius 3 is 1.96 bits per heavy atom. The van der Waals surface area contributed by atoms with E-state index in [1.54, 1.807) is 6.07 Å². The first kappa shape index (κ1) is 17.2. The molecule has 2 aromatic rings. The van der Waals surface area contributed by atoms with E-state index >= 15 is 0 Å². The fourth-order valence-corrected chi connectivity index (χ4v) is 2.97. The van der Waals surface area contributed by atoms with Crippen LogP contribution < -0.4 is 10.6 Å². The van der Waals surface area contributed by atoms with Crippen molar-refractivity contribution < 1.29 is 9.59 Å². The number of nitrogens with one attached hydrogen (secondary N) is 2. The molecule has 0 saturated heterocycles. The van der Waals surface area contributed by atoms with Gasteiger partial charge in [-0.15, -0.1) is 0 Å². The van der Waals surface area contributed by atoms with Crippen molar-refractivity contribution in [1.82, 2.24) is 0 Å². The Hall–Kier alpha value is -2.14. The van der Waals surface area contributed by atoms with E-state index in [9.17, 15) is 9.59 Å². The molecule has 4 nitrogen and oxygen atoms in total. The Morgan fingerprint density at radius 2 is 1.39 bits per heavy atom. The van der Waals surface area contributed by atoms with Crippen molar-refractivity contribution in [3.05, 3.63) is 57.1 Å². The van der Waals surface area contributed by atoms with E-state index in [0.29, 0.717) is 11.4 Å².